The minimum atomic E-state index is -0.320. The third kappa shape index (κ3) is 4.33. The molecule has 1 aliphatic carbocycles. The van der Waals surface area contributed by atoms with E-state index in [0.29, 0.717) is 12.6 Å². The van der Waals surface area contributed by atoms with Crippen LogP contribution in [0.2, 0.25) is 0 Å². The summed E-state index contributed by atoms with van der Waals surface area (Å²) in [6.07, 6.45) is 4.83. The first-order valence-corrected chi connectivity index (χ1v) is 6.98. The van der Waals surface area contributed by atoms with Crippen LogP contribution >= 0.6 is 0 Å². The second-order valence-corrected chi connectivity index (χ2v) is 5.08. The van der Waals surface area contributed by atoms with Crippen molar-refractivity contribution in [1.29, 1.82) is 0 Å². The van der Waals surface area contributed by atoms with Crippen LogP contribution < -0.4 is 10.6 Å². The zero-order chi connectivity index (χ0) is 13.5. The predicted molar refractivity (Wildman–Crippen MR) is 74.7 cm³/mol. The molecule has 19 heavy (non-hydrogen) atoms. The summed E-state index contributed by atoms with van der Waals surface area (Å²) in [6.45, 7) is 0.243. The molecule has 0 saturated heterocycles. The van der Waals surface area contributed by atoms with Gasteiger partial charge < -0.3 is 15.7 Å². The summed E-state index contributed by atoms with van der Waals surface area (Å²) in [7, 11) is 0. The fourth-order valence-corrected chi connectivity index (χ4v) is 2.53. The Hall–Kier alpha value is -1.39. The Kier molecular flexibility index (Phi) is 5.36. The maximum atomic E-state index is 11.9. The number of carbonyl (C=O) groups excluding carboxylic acids is 1. The van der Waals surface area contributed by atoms with Crippen LogP contribution in [0.1, 0.15) is 37.3 Å². The van der Waals surface area contributed by atoms with E-state index in [1.807, 2.05) is 30.3 Å². The van der Waals surface area contributed by atoms with Gasteiger partial charge in [-0.1, -0.05) is 43.2 Å². The second kappa shape index (κ2) is 7.26. The van der Waals surface area contributed by atoms with Crippen molar-refractivity contribution in [2.24, 2.45) is 0 Å². The molecule has 0 aromatic heterocycles. The largest absolute Gasteiger partial charge is 0.394 e. The topological polar surface area (TPSA) is 61.4 Å². The van der Waals surface area contributed by atoms with Crippen LogP contribution in [0.5, 0.6) is 0 Å². The van der Waals surface area contributed by atoms with Crippen molar-refractivity contribution in [3.8, 4) is 0 Å². The lowest BCUT2D eigenvalue weighted by Crippen LogP contribution is -2.40. The molecule has 4 heteroatoms. The Labute approximate surface area is 114 Å². The summed E-state index contributed by atoms with van der Waals surface area (Å²) in [6, 6.07) is 9.70. The van der Waals surface area contributed by atoms with Crippen molar-refractivity contribution in [1.82, 2.24) is 10.6 Å². The van der Waals surface area contributed by atoms with Gasteiger partial charge in [-0.05, 0) is 18.4 Å². The lowest BCUT2D eigenvalue weighted by atomic mass is 10.1. The molecule has 0 bridgehead atoms. The van der Waals surface area contributed by atoms with Crippen LogP contribution in [0, 0.1) is 0 Å². The molecule has 1 saturated carbocycles. The van der Waals surface area contributed by atoms with E-state index in [4.69, 9.17) is 0 Å². The van der Waals surface area contributed by atoms with Gasteiger partial charge in [-0.3, -0.25) is 4.79 Å². The average molecular weight is 262 g/mol. The molecular weight excluding hydrogens is 240 g/mol. The highest BCUT2D eigenvalue weighted by molar-refractivity contribution is 5.78. The van der Waals surface area contributed by atoms with Crippen molar-refractivity contribution in [3.63, 3.8) is 0 Å². The summed E-state index contributed by atoms with van der Waals surface area (Å²) in [5, 5.41) is 15.5. The van der Waals surface area contributed by atoms with Gasteiger partial charge in [0.2, 0.25) is 5.91 Å². The molecule has 0 spiro atoms. The summed E-state index contributed by atoms with van der Waals surface area (Å²) in [5.74, 6) is -0.0604. The highest BCUT2D eigenvalue weighted by Crippen LogP contribution is 2.17. The van der Waals surface area contributed by atoms with Gasteiger partial charge in [0.05, 0.1) is 19.2 Å². The smallest absolute Gasteiger partial charge is 0.234 e. The highest BCUT2D eigenvalue weighted by Gasteiger charge is 2.17. The first-order valence-electron chi connectivity index (χ1n) is 6.98. The van der Waals surface area contributed by atoms with Gasteiger partial charge in [-0.15, -0.1) is 0 Å². The Morgan fingerprint density at radius 1 is 1.26 bits per heavy atom. The van der Waals surface area contributed by atoms with Crippen LogP contribution in [-0.4, -0.2) is 30.2 Å². The molecule has 2 rings (SSSR count). The van der Waals surface area contributed by atoms with Crippen molar-refractivity contribution in [2.45, 2.75) is 37.8 Å². The number of carbonyl (C=O) groups is 1. The quantitative estimate of drug-likeness (QED) is 0.725. The van der Waals surface area contributed by atoms with E-state index in [2.05, 4.69) is 10.6 Å². The van der Waals surface area contributed by atoms with E-state index in [-0.39, 0.29) is 18.6 Å². The molecule has 0 radical (unpaired) electrons. The van der Waals surface area contributed by atoms with Crippen LogP contribution in [-0.2, 0) is 4.79 Å². The monoisotopic (exact) mass is 262 g/mol. The number of rotatable bonds is 6. The van der Waals surface area contributed by atoms with Crippen LogP contribution in [0.15, 0.2) is 30.3 Å². The van der Waals surface area contributed by atoms with Gasteiger partial charge in [0.1, 0.15) is 0 Å². The van der Waals surface area contributed by atoms with Crippen molar-refractivity contribution in [2.75, 3.05) is 13.2 Å². The van der Waals surface area contributed by atoms with Gasteiger partial charge in [0.15, 0.2) is 0 Å². The van der Waals surface area contributed by atoms with Crippen LogP contribution in [0.25, 0.3) is 0 Å². The molecule has 4 nitrogen and oxygen atoms in total. The molecule has 1 atom stereocenters. The number of hydrogen-bond donors (Lipinski definition) is 3. The van der Waals surface area contributed by atoms with E-state index < -0.39 is 0 Å². The molecule has 1 amide bonds. The first kappa shape index (κ1) is 14.0. The van der Waals surface area contributed by atoms with E-state index in [1.54, 1.807) is 0 Å². The summed E-state index contributed by atoms with van der Waals surface area (Å²) < 4.78 is 0. The minimum Gasteiger partial charge on any atom is -0.394 e. The average Bonchev–Trinajstić information content (AvgIpc) is 2.97. The first-order chi connectivity index (χ1) is 9.29. The molecular formula is C15H22N2O2. The van der Waals surface area contributed by atoms with Gasteiger partial charge in [-0.25, -0.2) is 0 Å². The number of hydrogen-bond acceptors (Lipinski definition) is 3. The molecule has 1 aromatic rings. The molecule has 0 aliphatic heterocycles. The molecule has 1 unspecified atom stereocenters. The molecule has 104 valence electrons. The Balaban J connectivity index is 1.79. The van der Waals surface area contributed by atoms with Gasteiger partial charge in [-0.2, -0.15) is 0 Å². The van der Waals surface area contributed by atoms with E-state index in [9.17, 15) is 9.90 Å². The highest BCUT2D eigenvalue weighted by atomic mass is 16.3. The normalized spacial score (nSPS) is 17.3. The summed E-state index contributed by atoms with van der Waals surface area (Å²) in [4.78, 5) is 11.9. The number of nitrogens with one attached hydrogen (secondary N) is 2. The zero-order valence-electron chi connectivity index (χ0n) is 11.1. The Morgan fingerprint density at radius 2 is 1.95 bits per heavy atom. The van der Waals surface area contributed by atoms with E-state index in [1.165, 1.54) is 12.8 Å². The second-order valence-electron chi connectivity index (χ2n) is 5.08. The maximum Gasteiger partial charge on any atom is 0.234 e. The van der Waals surface area contributed by atoms with Crippen LogP contribution in [0.4, 0.5) is 0 Å². The van der Waals surface area contributed by atoms with Gasteiger partial charge in [0, 0.05) is 6.04 Å². The summed E-state index contributed by atoms with van der Waals surface area (Å²) in [5.41, 5.74) is 0.930. The predicted octanol–water partition coefficient (Wildman–Crippen LogP) is 1.37. The minimum absolute atomic E-state index is 0.0604. The van der Waals surface area contributed by atoms with Crippen molar-refractivity contribution in [3.05, 3.63) is 35.9 Å². The molecule has 1 fully saturated rings. The van der Waals surface area contributed by atoms with Gasteiger partial charge >= 0.3 is 0 Å². The zero-order valence-corrected chi connectivity index (χ0v) is 11.1. The number of benzene rings is 1. The number of aliphatic hydroxyl groups excluding tert-OH is 1. The Bertz CT molecular complexity index is 388. The van der Waals surface area contributed by atoms with Crippen molar-refractivity contribution >= 4 is 5.91 Å². The fraction of sp³-hybridized carbons (Fsp3) is 0.533. The lowest BCUT2D eigenvalue weighted by molar-refractivity contribution is -0.121. The maximum absolute atomic E-state index is 11.9. The van der Waals surface area contributed by atoms with Gasteiger partial charge in [0.25, 0.3) is 0 Å². The summed E-state index contributed by atoms with van der Waals surface area (Å²) >= 11 is 0. The molecule has 1 aliphatic rings. The van der Waals surface area contributed by atoms with E-state index in [0.717, 1.165) is 18.4 Å². The van der Waals surface area contributed by atoms with E-state index >= 15 is 0 Å². The third-order valence-corrected chi connectivity index (χ3v) is 3.63. The SMILES string of the molecule is O=C(CNC1CCCC1)NC(CO)c1ccccc1. The number of aliphatic hydroxyl groups is 1. The molecule has 3 N–H and O–H groups in total. The molecule has 1 aromatic carbocycles. The third-order valence-electron chi connectivity index (χ3n) is 3.63. The Morgan fingerprint density at radius 3 is 2.58 bits per heavy atom. The molecule has 0 heterocycles. The lowest BCUT2D eigenvalue weighted by Gasteiger charge is -2.18. The number of amides is 1. The standard InChI is InChI=1S/C15H22N2O2/c18-11-14(12-6-2-1-3-7-12)17-15(19)10-16-13-8-4-5-9-13/h1-3,6-7,13-14,16,18H,4-5,8-11H2,(H,17,19). The fourth-order valence-electron chi connectivity index (χ4n) is 2.53. The van der Waals surface area contributed by atoms with Crippen molar-refractivity contribution < 1.29 is 9.90 Å². The van der Waals surface area contributed by atoms with Crippen LogP contribution in [0.3, 0.4) is 0 Å².